The molecule has 0 bridgehead atoms. The largest absolute Gasteiger partial charge is 0.492 e. The van der Waals surface area contributed by atoms with Crippen molar-refractivity contribution in [3.63, 3.8) is 0 Å². The molecule has 27 heavy (non-hydrogen) atoms. The molecule has 0 atom stereocenters. The van der Waals surface area contributed by atoms with Crippen molar-refractivity contribution < 1.29 is 18.3 Å². The maximum atomic E-state index is 13.1. The monoisotopic (exact) mass is 383 g/mol. The van der Waals surface area contributed by atoms with E-state index in [0.29, 0.717) is 19.0 Å². The highest BCUT2D eigenvalue weighted by atomic mass is 19.2. The van der Waals surface area contributed by atoms with E-state index < -0.39 is 11.6 Å². The van der Waals surface area contributed by atoms with Gasteiger partial charge in [0.05, 0.1) is 13.1 Å². The molecular formula is C18H27F2N5O2. The van der Waals surface area contributed by atoms with Crippen LogP contribution in [-0.4, -0.2) is 69.7 Å². The van der Waals surface area contributed by atoms with E-state index in [4.69, 9.17) is 4.74 Å². The Balaban J connectivity index is 1.66. The number of carbonyl (C=O) groups is 1. The smallest absolute Gasteiger partial charge is 0.233 e. The average Bonchev–Trinajstić information content (AvgIpc) is 2.68. The van der Waals surface area contributed by atoms with Gasteiger partial charge in [0.2, 0.25) is 5.91 Å². The van der Waals surface area contributed by atoms with E-state index in [9.17, 15) is 13.6 Å². The van der Waals surface area contributed by atoms with Gasteiger partial charge >= 0.3 is 0 Å². The Hall–Kier alpha value is -2.42. The number of ether oxygens (including phenoxy) is 1. The van der Waals surface area contributed by atoms with E-state index in [-0.39, 0.29) is 24.3 Å². The Morgan fingerprint density at radius 2 is 2.04 bits per heavy atom. The molecule has 7 nitrogen and oxygen atoms in total. The van der Waals surface area contributed by atoms with Crippen molar-refractivity contribution in [3.05, 3.63) is 29.8 Å². The molecule has 1 aromatic carbocycles. The van der Waals surface area contributed by atoms with E-state index >= 15 is 0 Å². The van der Waals surface area contributed by atoms with Crippen LogP contribution in [0.1, 0.15) is 12.8 Å². The van der Waals surface area contributed by atoms with Crippen LogP contribution in [-0.2, 0) is 4.79 Å². The van der Waals surface area contributed by atoms with Gasteiger partial charge in [-0.15, -0.1) is 0 Å². The molecule has 2 rings (SSSR count). The molecule has 3 N–H and O–H groups in total. The van der Waals surface area contributed by atoms with Crippen molar-refractivity contribution in [2.24, 2.45) is 4.99 Å². The predicted octanol–water partition coefficient (Wildman–Crippen LogP) is 0.719. The van der Waals surface area contributed by atoms with Crippen LogP contribution in [0, 0.1) is 11.6 Å². The topological polar surface area (TPSA) is 78.0 Å². The molecule has 0 radical (unpaired) electrons. The number of amides is 1. The first-order valence-electron chi connectivity index (χ1n) is 8.99. The maximum Gasteiger partial charge on any atom is 0.233 e. The Labute approximate surface area is 158 Å². The number of nitrogens with one attached hydrogen (secondary N) is 3. The van der Waals surface area contributed by atoms with Gasteiger partial charge in [-0.25, -0.2) is 8.78 Å². The van der Waals surface area contributed by atoms with Gasteiger partial charge in [0, 0.05) is 39.3 Å². The molecular weight excluding hydrogens is 356 g/mol. The Bertz CT molecular complexity index is 649. The lowest BCUT2D eigenvalue weighted by molar-refractivity contribution is -0.122. The highest BCUT2D eigenvalue weighted by molar-refractivity contribution is 5.80. The number of benzene rings is 1. The molecule has 1 aliphatic heterocycles. The molecule has 1 heterocycles. The van der Waals surface area contributed by atoms with Gasteiger partial charge in [0.1, 0.15) is 12.4 Å². The van der Waals surface area contributed by atoms with Gasteiger partial charge in [-0.3, -0.25) is 14.7 Å². The number of halogens is 2. The summed E-state index contributed by atoms with van der Waals surface area (Å²) in [7, 11) is 3.33. The van der Waals surface area contributed by atoms with Crippen LogP contribution < -0.4 is 20.7 Å². The lowest BCUT2D eigenvalue weighted by Gasteiger charge is -2.32. The second-order valence-corrected chi connectivity index (χ2v) is 6.29. The second-order valence-electron chi connectivity index (χ2n) is 6.29. The quantitative estimate of drug-likeness (QED) is 0.367. The van der Waals surface area contributed by atoms with Crippen molar-refractivity contribution in [2.75, 3.05) is 46.9 Å². The third-order valence-corrected chi connectivity index (χ3v) is 4.35. The van der Waals surface area contributed by atoms with E-state index in [2.05, 4.69) is 25.8 Å². The summed E-state index contributed by atoms with van der Waals surface area (Å²) in [5.74, 6) is -0.858. The fourth-order valence-corrected chi connectivity index (χ4v) is 2.81. The molecule has 0 aliphatic carbocycles. The summed E-state index contributed by atoms with van der Waals surface area (Å²) in [5.41, 5.74) is 0. The van der Waals surface area contributed by atoms with Crippen LogP contribution in [0.5, 0.6) is 5.75 Å². The minimum Gasteiger partial charge on any atom is -0.492 e. The zero-order chi connectivity index (χ0) is 19.6. The van der Waals surface area contributed by atoms with Gasteiger partial charge in [-0.05, 0) is 25.0 Å². The number of nitrogens with zero attached hydrogens (tertiary/aromatic N) is 2. The first-order chi connectivity index (χ1) is 13.0. The molecule has 0 aromatic heterocycles. The Morgan fingerprint density at radius 3 is 2.67 bits per heavy atom. The van der Waals surface area contributed by atoms with Crippen LogP contribution in [0.15, 0.2) is 23.2 Å². The number of guanidine groups is 1. The average molecular weight is 383 g/mol. The van der Waals surface area contributed by atoms with Crippen LogP contribution in [0.25, 0.3) is 0 Å². The number of rotatable bonds is 7. The van der Waals surface area contributed by atoms with Crippen molar-refractivity contribution in [3.8, 4) is 5.75 Å². The highest BCUT2D eigenvalue weighted by Crippen LogP contribution is 2.15. The predicted molar refractivity (Wildman–Crippen MR) is 99.9 cm³/mol. The molecule has 0 saturated carbocycles. The van der Waals surface area contributed by atoms with Crippen LogP contribution in [0.3, 0.4) is 0 Å². The number of hydrogen-bond donors (Lipinski definition) is 3. The SMILES string of the molecule is CN=C(NCCOc1ccc(F)c(F)c1)NC1CCN(CC(=O)NC)CC1. The first-order valence-corrected chi connectivity index (χ1v) is 8.99. The number of likely N-dealkylation sites (tertiary alicyclic amines) is 1. The molecule has 9 heteroatoms. The normalized spacial score (nSPS) is 16.1. The fraction of sp³-hybridized carbons (Fsp3) is 0.556. The number of piperidine rings is 1. The molecule has 0 unspecified atom stereocenters. The third-order valence-electron chi connectivity index (χ3n) is 4.35. The van der Waals surface area contributed by atoms with Crippen molar-refractivity contribution >= 4 is 11.9 Å². The molecule has 1 amide bonds. The minimum atomic E-state index is -0.930. The molecule has 1 aliphatic rings. The number of aliphatic imine (C=N–C) groups is 1. The lowest BCUT2D eigenvalue weighted by atomic mass is 10.1. The van der Waals surface area contributed by atoms with Crippen LogP contribution >= 0.6 is 0 Å². The van der Waals surface area contributed by atoms with E-state index in [1.54, 1.807) is 14.1 Å². The van der Waals surface area contributed by atoms with Gasteiger partial charge in [-0.1, -0.05) is 0 Å². The molecule has 0 spiro atoms. The maximum absolute atomic E-state index is 13.1. The second kappa shape index (κ2) is 10.7. The van der Waals surface area contributed by atoms with Gasteiger partial charge in [0.25, 0.3) is 0 Å². The van der Waals surface area contributed by atoms with Gasteiger partial charge in [0.15, 0.2) is 17.6 Å². The standard InChI is InChI=1S/C18H27F2N5O2/c1-21-17(26)12-25-8-5-13(6-9-25)24-18(22-2)23-7-10-27-14-3-4-15(19)16(20)11-14/h3-4,11,13H,5-10,12H2,1-2H3,(H,21,26)(H2,22,23,24). The lowest BCUT2D eigenvalue weighted by Crippen LogP contribution is -2.50. The first kappa shape index (κ1) is 20.9. The Morgan fingerprint density at radius 1 is 1.30 bits per heavy atom. The minimum absolute atomic E-state index is 0.0277. The van der Waals surface area contributed by atoms with E-state index in [0.717, 1.165) is 38.1 Å². The summed E-state index contributed by atoms with van der Waals surface area (Å²) >= 11 is 0. The summed E-state index contributed by atoms with van der Waals surface area (Å²) in [6.07, 6.45) is 1.84. The molecule has 1 fully saturated rings. The molecule has 1 aromatic rings. The zero-order valence-corrected chi connectivity index (χ0v) is 15.7. The molecule has 150 valence electrons. The summed E-state index contributed by atoms with van der Waals surface area (Å²) in [6, 6.07) is 3.73. The fourth-order valence-electron chi connectivity index (χ4n) is 2.81. The van der Waals surface area contributed by atoms with Crippen molar-refractivity contribution in [1.29, 1.82) is 0 Å². The van der Waals surface area contributed by atoms with Crippen molar-refractivity contribution in [2.45, 2.75) is 18.9 Å². The highest BCUT2D eigenvalue weighted by Gasteiger charge is 2.21. The zero-order valence-electron chi connectivity index (χ0n) is 15.7. The van der Waals surface area contributed by atoms with Crippen LogP contribution in [0.4, 0.5) is 8.78 Å². The van der Waals surface area contributed by atoms with Crippen LogP contribution in [0.2, 0.25) is 0 Å². The van der Waals surface area contributed by atoms with E-state index in [1.165, 1.54) is 6.07 Å². The van der Waals surface area contributed by atoms with Crippen molar-refractivity contribution in [1.82, 2.24) is 20.9 Å². The van der Waals surface area contributed by atoms with Gasteiger partial charge in [-0.2, -0.15) is 0 Å². The molecule has 1 saturated heterocycles. The van der Waals surface area contributed by atoms with Gasteiger partial charge < -0.3 is 20.7 Å². The number of hydrogen-bond acceptors (Lipinski definition) is 4. The summed E-state index contributed by atoms with van der Waals surface area (Å²) in [6.45, 7) is 2.88. The number of likely N-dealkylation sites (N-methyl/N-ethyl adjacent to an activating group) is 1. The summed E-state index contributed by atoms with van der Waals surface area (Å²) in [5, 5.41) is 9.12. The summed E-state index contributed by atoms with van der Waals surface area (Å²) < 4.78 is 31.4. The van der Waals surface area contributed by atoms with E-state index in [1.807, 2.05) is 0 Å². The number of carbonyl (C=O) groups excluding carboxylic acids is 1. The summed E-state index contributed by atoms with van der Waals surface area (Å²) in [4.78, 5) is 17.7. The third kappa shape index (κ3) is 7.01. The Kier molecular flexibility index (Phi) is 8.25.